The van der Waals surface area contributed by atoms with Crippen molar-refractivity contribution in [2.75, 3.05) is 6.54 Å². The first-order valence-corrected chi connectivity index (χ1v) is 7.06. The molecule has 1 saturated heterocycles. The van der Waals surface area contributed by atoms with Gasteiger partial charge in [-0.25, -0.2) is 4.39 Å². The first kappa shape index (κ1) is 14.3. The molecule has 0 aliphatic carbocycles. The summed E-state index contributed by atoms with van der Waals surface area (Å²) in [4.78, 5) is 2.16. The molecule has 1 aliphatic rings. The highest BCUT2D eigenvalue weighted by atomic mass is 79.9. The van der Waals surface area contributed by atoms with Crippen LogP contribution in [0, 0.1) is 5.82 Å². The summed E-state index contributed by atoms with van der Waals surface area (Å²) >= 11 is 3.19. The van der Waals surface area contributed by atoms with Gasteiger partial charge in [0.1, 0.15) is 5.82 Å². The molecule has 0 radical (unpaired) electrons. The molecule has 2 rings (SSSR count). The lowest BCUT2D eigenvalue weighted by molar-refractivity contribution is 0.178. The van der Waals surface area contributed by atoms with Crippen molar-refractivity contribution in [3.63, 3.8) is 0 Å². The molecule has 0 amide bonds. The van der Waals surface area contributed by atoms with Gasteiger partial charge >= 0.3 is 0 Å². The quantitative estimate of drug-likeness (QED) is 0.388. The lowest BCUT2D eigenvalue weighted by atomic mass is 10.0. The fraction of sp³-hybridized carbons (Fsp3) is 0.462. The summed E-state index contributed by atoms with van der Waals surface area (Å²) in [5, 5.41) is 11.9. The lowest BCUT2D eigenvalue weighted by Gasteiger charge is -2.34. The predicted molar refractivity (Wildman–Crippen MR) is 75.6 cm³/mol. The maximum atomic E-state index is 13.2. The number of amidine groups is 1. The van der Waals surface area contributed by atoms with Crippen LogP contribution < -0.4 is 5.73 Å². The molecule has 4 nitrogen and oxygen atoms in total. The van der Waals surface area contributed by atoms with Crippen molar-refractivity contribution in [3.05, 3.63) is 34.1 Å². The number of rotatable bonds is 3. The number of oxime groups is 1. The Balaban J connectivity index is 2.12. The van der Waals surface area contributed by atoms with Crippen LogP contribution in [0.4, 0.5) is 4.39 Å². The second-order valence-electron chi connectivity index (χ2n) is 4.76. The molecule has 1 atom stereocenters. The van der Waals surface area contributed by atoms with Crippen LogP contribution in [0.15, 0.2) is 27.8 Å². The summed E-state index contributed by atoms with van der Waals surface area (Å²) in [7, 11) is 0. The van der Waals surface area contributed by atoms with Crippen LogP contribution in [0.1, 0.15) is 24.8 Å². The van der Waals surface area contributed by atoms with Crippen molar-refractivity contribution >= 4 is 21.8 Å². The Bertz CT molecular complexity index is 481. The van der Waals surface area contributed by atoms with Crippen LogP contribution >= 0.6 is 15.9 Å². The van der Waals surface area contributed by atoms with Crippen molar-refractivity contribution in [2.24, 2.45) is 10.9 Å². The van der Waals surface area contributed by atoms with Crippen LogP contribution in [-0.4, -0.2) is 28.5 Å². The van der Waals surface area contributed by atoms with Crippen LogP contribution in [-0.2, 0) is 6.54 Å². The molecule has 1 aliphatic heterocycles. The van der Waals surface area contributed by atoms with Crippen LogP contribution in [0.5, 0.6) is 0 Å². The van der Waals surface area contributed by atoms with Gasteiger partial charge in [-0.15, -0.1) is 0 Å². The molecule has 6 heteroatoms. The molecular formula is C13H17BrFN3O. The summed E-state index contributed by atoms with van der Waals surface area (Å²) in [6.07, 6.45) is 3.06. The number of halogens is 2. The average molecular weight is 330 g/mol. The molecule has 1 fully saturated rings. The van der Waals surface area contributed by atoms with E-state index in [9.17, 15) is 4.39 Å². The van der Waals surface area contributed by atoms with Crippen molar-refractivity contribution in [1.82, 2.24) is 4.90 Å². The van der Waals surface area contributed by atoms with Crippen LogP contribution in [0.2, 0.25) is 0 Å². The van der Waals surface area contributed by atoms with Crippen molar-refractivity contribution < 1.29 is 9.60 Å². The third kappa shape index (κ3) is 3.45. The van der Waals surface area contributed by atoms with E-state index in [1.807, 2.05) is 0 Å². The number of likely N-dealkylation sites (tertiary alicyclic amines) is 1. The van der Waals surface area contributed by atoms with E-state index in [2.05, 4.69) is 26.0 Å². The zero-order chi connectivity index (χ0) is 13.8. The van der Waals surface area contributed by atoms with Crippen molar-refractivity contribution in [1.29, 1.82) is 0 Å². The van der Waals surface area contributed by atoms with E-state index in [0.717, 1.165) is 31.4 Å². The molecule has 3 N–H and O–H groups in total. The summed E-state index contributed by atoms with van der Waals surface area (Å²) < 4.78 is 13.7. The highest BCUT2D eigenvalue weighted by Gasteiger charge is 2.26. The second kappa shape index (κ2) is 6.34. The molecule has 1 aromatic rings. The molecule has 1 heterocycles. The summed E-state index contributed by atoms with van der Waals surface area (Å²) in [5.41, 5.74) is 6.74. The third-order valence-corrected chi connectivity index (χ3v) is 4.05. The molecule has 19 heavy (non-hydrogen) atoms. The zero-order valence-corrected chi connectivity index (χ0v) is 12.1. The van der Waals surface area contributed by atoms with Gasteiger partial charge in [0.15, 0.2) is 5.84 Å². The molecule has 104 valence electrons. The van der Waals surface area contributed by atoms with E-state index in [1.54, 1.807) is 12.1 Å². The number of hydrogen-bond donors (Lipinski definition) is 2. The largest absolute Gasteiger partial charge is 0.409 e. The van der Waals surface area contributed by atoms with Gasteiger partial charge < -0.3 is 10.9 Å². The summed E-state index contributed by atoms with van der Waals surface area (Å²) in [6, 6.07) is 4.94. The van der Waals surface area contributed by atoms with Gasteiger partial charge in [-0.2, -0.15) is 0 Å². The number of piperidine rings is 1. The summed E-state index contributed by atoms with van der Waals surface area (Å²) in [6.45, 7) is 1.57. The minimum Gasteiger partial charge on any atom is -0.409 e. The molecule has 0 saturated carbocycles. The van der Waals surface area contributed by atoms with E-state index in [4.69, 9.17) is 10.9 Å². The second-order valence-corrected chi connectivity index (χ2v) is 5.61. The molecule has 0 bridgehead atoms. The van der Waals surface area contributed by atoms with Gasteiger partial charge in [0.25, 0.3) is 0 Å². The molecule has 1 aromatic carbocycles. The van der Waals surface area contributed by atoms with Crippen molar-refractivity contribution in [2.45, 2.75) is 31.8 Å². The predicted octanol–water partition coefficient (Wildman–Crippen LogP) is 2.69. The molecular weight excluding hydrogens is 313 g/mol. The first-order chi connectivity index (χ1) is 9.11. The number of hydrogen-bond acceptors (Lipinski definition) is 3. The summed E-state index contributed by atoms with van der Waals surface area (Å²) in [5.74, 6) is -0.0174. The number of nitrogens with two attached hydrogens (primary N) is 1. The number of nitrogens with zero attached hydrogens (tertiary/aromatic N) is 2. The third-order valence-electron chi connectivity index (χ3n) is 3.44. The smallest absolute Gasteiger partial charge is 0.156 e. The minimum absolute atomic E-state index is 0.0393. The topological polar surface area (TPSA) is 61.9 Å². The first-order valence-electron chi connectivity index (χ1n) is 6.27. The van der Waals surface area contributed by atoms with Gasteiger partial charge in [-0.3, -0.25) is 4.90 Å². The maximum absolute atomic E-state index is 13.2. The highest BCUT2D eigenvalue weighted by Crippen LogP contribution is 2.22. The van der Waals surface area contributed by atoms with E-state index in [1.165, 1.54) is 6.07 Å². The van der Waals surface area contributed by atoms with Gasteiger partial charge in [0.05, 0.1) is 10.5 Å². The van der Waals surface area contributed by atoms with E-state index in [0.29, 0.717) is 11.0 Å². The SMILES string of the molecule is NC(=NO)C1CCCCN1Cc1ccc(F)c(Br)c1. The van der Waals surface area contributed by atoms with E-state index >= 15 is 0 Å². The average Bonchev–Trinajstić information content (AvgIpc) is 2.43. The Hall–Kier alpha value is -1.14. The molecule has 1 unspecified atom stereocenters. The van der Waals surface area contributed by atoms with Gasteiger partial charge in [-0.05, 0) is 53.0 Å². The number of benzene rings is 1. The Morgan fingerprint density at radius 3 is 3.00 bits per heavy atom. The normalized spacial score (nSPS) is 21.6. The van der Waals surface area contributed by atoms with E-state index in [-0.39, 0.29) is 17.7 Å². The van der Waals surface area contributed by atoms with Gasteiger partial charge in [-0.1, -0.05) is 17.6 Å². The van der Waals surface area contributed by atoms with E-state index < -0.39 is 0 Å². The minimum atomic E-state index is -0.268. The monoisotopic (exact) mass is 329 g/mol. The van der Waals surface area contributed by atoms with Gasteiger partial charge in [0, 0.05) is 6.54 Å². The highest BCUT2D eigenvalue weighted by molar-refractivity contribution is 9.10. The van der Waals surface area contributed by atoms with Crippen LogP contribution in [0.3, 0.4) is 0 Å². The Kier molecular flexibility index (Phi) is 4.76. The maximum Gasteiger partial charge on any atom is 0.156 e. The zero-order valence-electron chi connectivity index (χ0n) is 10.5. The fourth-order valence-corrected chi connectivity index (χ4v) is 2.88. The molecule has 0 spiro atoms. The molecule has 0 aromatic heterocycles. The Morgan fingerprint density at radius 2 is 2.32 bits per heavy atom. The Labute approximate surface area is 120 Å². The van der Waals surface area contributed by atoms with Gasteiger partial charge in [0.2, 0.25) is 0 Å². The Morgan fingerprint density at radius 1 is 1.53 bits per heavy atom. The standard InChI is InChI=1S/C13H17BrFN3O/c14-10-7-9(4-5-11(10)15)8-18-6-2-1-3-12(18)13(16)17-19/h4-5,7,12,19H,1-3,6,8H2,(H2,16,17). The lowest BCUT2D eigenvalue weighted by Crippen LogP contribution is -2.47. The van der Waals surface area contributed by atoms with Crippen LogP contribution in [0.25, 0.3) is 0 Å². The fourth-order valence-electron chi connectivity index (χ4n) is 2.45. The van der Waals surface area contributed by atoms with Crippen molar-refractivity contribution in [3.8, 4) is 0 Å².